The first-order valence-corrected chi connectivity index (χ1v) is 7.29. The van der Waals surface area contributed by atoms with Gasteiger partial charge in [-0.1, -0.05) is 18.2 Å². The van der Waals surface area contributed by atoms with Gasteiger partial charge in [0.1, 0.15) is 12.0 Å². The van der Waals surface area contributed by atoms with E-state index < -0.39 is 12.0 Å². The molecule has 5 nitrogen and oxygen atoms in total. The Bertz CT molecular complexity index is 536. The maximum Gasteiger partial charge on any atom is 0.338 e. The number of benzene rings is 1. The molecule has 6 heteroatoms. The minimum Gasteiger partial charge on any atom is -0.469 e. The van der Waals surface area contributed by atoms with E-state index >= 15 is 0 Å². The summed E-state index contributed by atoms with van der Waals surface area (Å²) >= 11 is 0. The van der Waals surface area contributed by atoms with Gasteiger partial charge in [-0.15, -0.1) is 12.4 Å². The van der Waals surface area contributed by atoms with Crippen LogP contribution < -0.4 is 5.32 Å². The number of carbonyl (C=O) groups is 2. The predicted molar refractivity (Wildman–Crippen MR) is 83.0 cm³/mol. The van der Waals surface area contributed by atoms with E-state index in [-0.39, 0.29) is 30.4 Å². The molecule has 2 heterocycles. The fourth-order valence-corrected chi connectivity index (χ4v) is 3.36. The summed E-state index contributed by atoms with van der Waals surface area (Å²) in [5.41, 5.74) is 0.506. The van der Waals surface area contributed by atoms with E-state index in [0.717, 1.165) is 12.8 Å². The summed E-state index contributed by atoms with van der Waals surface area (Å²) in [6, 6.07) is 9.23. The molecule has 120 valence electrons. The Kier molecular flexibility index (Phi) is 5.42. The van der Waals surface area contributed by atoms with Gasteiger partial charge in [0.2, 0.25) is 0 Å². The molecule has 2 saturated heterocycles. The van der Waals surface area contributed by atoms with Crippen LogP contribution in [-0.4, -0.2) is 37.2 Å². The monoisotopic (exact) mass is 325 g/mol. The van der Waals surface area contributed by atoms with Gasteiger partial charge in [0.15, 0.2) is 0 Å². The fourth-order valence-electron chi connectivity index (χ4n) is 3.36. The maximum absolute atomic E-state index is 12.2. The molecule has 3 rings (SSSR count). The van der Waals surface area contributed by atoms with Gasteiger partial charge in [0, 0.05) is 18.5 Å². The highest BCUT2D eigenvalue weighted by molar-refractivity contribution is 5.89. The molecule has 0 radical (unpaired) electrons. The Morgan fingerprint density at radius 3 is 2.59 bits per heavy atom. The van der Waals surface area contributed by atoms with Gasteiger partial charge in [0.25, 0.3) is 0 Å². The minimum atomic E-state index is -0.415. The molecule has 0 amide bonds. The number of esters is 2. The lowest BCUT2D eigenvalue weighted by molar-refractivity contribution is -0.152. The Morgan fingerprint density at radius 1 is 1.18 bits per heavy atom. The van der Waals surface area contributed by atoms with Crippen LogP contribution in [0.1, 0.15) is 29.6 Å². The van der Waals surface area contributed by atoms with Gasteiger partial charge in [-0.3, -0.25) is 4.79 Å². The molecule has 2 fully saturated rings. The Balaban J connectivity index is 0.00000176. The van der Waals surface area contributed by atoms with Crippen LogP contribution >= 0.6 is 12.4 Å². The van der Waals surface area contributed by atoms with E-state index in [0.29, 0.717) is 18.0 Å². The van der Waals surface area contributed by atoms with Crippen molar-refractivity contribution in [3.63, 3.8) is 0 Å². The zero-order chi connectivity index (χ0) is 14.8. The molecule has 0 aromatic heterocycles. The molecule has 4 atom stereocenters. The van der Waals surface area contributed by atoms with E-state index in [4.69, 9.17) is 9.47 Å². The smallest absolute Gasteiger partial charge is 0.338 e. The van der Waals surface area contributed by atoms with Crippen LogP contribution in [0.4, 0.5) is 0 Å². The van der Waals surface area contributed by atoms with Crippen LogP contribution in [0.5, 0.6) is 0 Å². The van der Waals surface area contributed by atoms with E-state index in [1.165, 1.54) is 7.11 Å². The summed E-state index contributed by atoms with van der Waals surface area (Å²) in [4.78, 5) is 24.2. The van der Waals surface area contributed by atoms with Crippen LogP contribution in [0.15, 0.2) is 30.3 Å². The summed E-state index contributed by atoms with van der Waals surface area (Å²) in [6.45, 7) is 0. The standard InChI is InChI=1S/C16H19NO4.ClH/c1-20-16(19)14-12-8-7-11(17-12)9-13(14)21-15(18)10-5-3-2-4-6-10;/h2-6,11-14,17H,7-9H2,1H3;1H/t11-,12+,13?,14?;/m0./s1. The van der Waals surface area contributed by atoms with E-state index in [1.54, 1.807) is 24.3 Å². The maximum atomic E-state index is 12.2. The van der Waals surface area contributed by atoms with Gasteiger partial charge in [-0.05, 0) is 25.0 Å². The molecule has 1 aromatic carbocycles. The molecule has 0 aliphatic carbocycles. The van der Waals surface area contributed by atoms with Crippen LogP contribution in [0.25, 0.3) is 0 Å². The molecule has 0 saturated carbocycles. The highest BCUT2D eigenvalue weighted by atomic mass is 35.5. The van der Waals surface area contributed by atoms with Crippen molar-refractivity contribution in [1.29, 1.82) is 0 Å². The highest BCUT2D eigenvalue weighted by Crippen LogP contribution is 2.34. The average molecular weight is 326 g/mol. The second kappa shape index (κ2) is 7.11. The topological polar surface area (TPSA) is 64.6 Å². The third-order valence-electron chi connectivity index (χ3n) is 4.37. The number of methoxy groups -OCH3 is 1. The van der Waals surface area contributed by atoms with Crippen LogP contribution in [0, 0.1) is 5.92 Å². The van der Waals surface area contributed by atoms with Crippen molar-refractivity contribution in [2.75, 3.05) is 7.11 Å². The predicted octanol–water partition coefficient (Wildman–Crippen LogP) is 1.95. The van der Waals surface area contributed by atoms with Crippen LogP contribution in [0.3, 0.4) is 0 Å². The normalized spacial score (nSPS) is 29.3. The van der Waals surface area contributed by atoms with Crippen molar-refractivity contribution >= 4 is 24.3 Å². The van der Waals surface area contributed by atoms with Crippen molar-refractivity contribution in [3.8, 4) is 0 Å². The number of piperidine rings is 1. The van der Waals surface area contributed by atoms with E-state index in [9.17, 15) is 9.59 Å². The van der Waals surface area contributed by atoms with Gasteiger partial charge >= 0.3 is 11.9 Å². The Labute approximate surface area is 135 Å². The van der Waals surface area contributed by atoms with Crippen LogP contribution in [0.2, 0.25) is 0 Å². The van der Waals surface area contributed by atoms with Crippen molar-refractivity contribution in [3.05, 3.63) is 35.9 Å². The summed E-state index contributed by atoms with van der Waals surface area (Å²) in [7, 11) is 1.37. The van der Waals surface area contributed by atoms with Crippen LogP contribution in [-0.2, 0) is 14.3 Å². The molecule has 1 N–H and O–H groups in total. The largest absolute Gasteiger partial charge is 0.469 e. The Hall–Kier alpha value is -1.59. The highest BCUT2D eigenvalue weighted by Gasteiger charge is 2.47. The summed E-state index contributed by atoms with van der Waals surface area (Å²) < 4.78 is 10.5. The molecule has 2 aliphatic rings. The van der Waals surface area contributed by atoms with Crippen molar-refractivity contribution in [2.45, 2.75) is 37.5 Å². The average Bonchev–Trinajstić information content (AvgIpc) is 2.89. The molecule has 22 heavy (non-hydrogen) atoms. The number of fused-ring (bicyclic) bond motifs is 2. The molecular weight excluding hydrogens is 306 g/mol. The molecule has 2 aliphatic heterocycles. The zero-order valence-electron chi connectivity index (χ0n) is 12.4. The number of carbonyl (C=O) groups excluding carboxylic acids is 2. The van der Waals surface area contributed by atoms with E-state index in [1.807, 2.05) is 6.07 Å². The first-order valence-electron chi connectivity index (χ1n) is 7.29. The lowest BCUT2D eigenvalue weighted by atomic mass is 9.89. The lowest BCUT2D eigenvalue weighted by Gasteiger charge is -2.35. The molecule has 2 unspecified atom stereocenters. The third kappa shape index (κ3) is 3.25. The van der Waals surface area contributed by atoms with Gasteiger partial charge in [-0.2, -0.15) is 0 Å². The number of halogens is 1. The SMILES string of the molecule is COC(=O)C1C(OC(=O)c2ccccc2)C[C@@H]2CC[C@H]1N2.Cl. The zero-order valence-corrected chi connectivity index (χ0v) is 13.2. The summed E-state index contributed by atoms with van der Waals surface area (Å²) in [5, 5.41) is 3.41. The second-order valence-corrected chi connectivity index (χ2v) is 5.64. The second-order valence-electron chi connectivity index (χ2n) is 5.64. The molecular formula is C16H20ClNO4. The number of rotatable bonds is 3. The van der Waals surface area contributed by atoms with Crippen molar-refractivity contribution in [1.82, 2.24) is 5.32 Å². The number of hydrogen-bond donors (Lipinski definition) is 1. The quantitative estimate of drug-likeness (QED) is 0.861. The molecule has 1 aromatic rings. The third-order valence-corrected chi connectivity index (χ3v) is 4.37. The van der Waals surface area contributed by atoms with Gasteiger partial charge < -0.3 is 14.8 Å². The lowest BCUT2D eigenvalue weighted by Crippen LogP contribution is -2.53. The number of hydrogen-bond acceptors (Lipinski definition) is 5. The molecule has 0 spiro atoms. The fraction of sp³-hybridized carbons (Fsp3) is 0.500. The summed E-state index contributed by atoms with van der Waals surface area (Å²) in [5.74, 6) is -1.10. The van der Waals surface area contributed by atoms with E-state index in [2.05, 4.69) is 5.32 Å². The summed E-state index contributed by atoms with van der Waals surface area (Å²) in [6.07, 6.45) is 2.18. The van der Waals surface area contributed by atoms with Crippen molar-refractivity contribution < 1.29 is 19.1 Å². The molecule has 2 bridgehead atoms. The number of ether oxygens (including phenoxy) is 2. The number of nitrogens with one attached hydrogen (secondary N) is 1. The first kappa shape index (κ1) is 16.8. The minimum absolute atomic E-state index is 0. The first-order chi connectivity index (χ1) is 10.2. The van der Waals surface area contributed by atoms with Crippen molar-refractivity contribution in [2.24, 2.45) is 5.92 Å². The van der Waals surface area contributed by atoms with Gasteiger partial charge in [0.05, 0.1) is 12.7 Å². The van der Waals surface area contributed by atoms with Gasteiger partial charge in [-0.25, -0.2) is 4.79 Å². The Morgan fingerprint density at radius 2 is 1.91 bits per heavy atom.